The maximum Gasteiger partial charge on any atom is 0.00362 e. The number of nitrogens with two attached hydrogens (primary N) is 1. The van der Waals surface area contributed by atoms with Gasteiger partial charge in [-0.05, 0) is 18.3 Å². The first-order chi connectivity index (χ1) is 5.07. The van der Waals surface area contributed by atoms with Gasteiger partial charge in [0.15, 0.2) is 0 Å². The third-order valence-corrected chi connectivity index (χ3v) is 2.42. The summed E-state index contributed by atoms with van der Waals surface area (Å²) in [5.41, 5.74) is 6.40. The molecule has 0 radical (unpaired) electrons. The lowest BCUT2D eigenvalue weighted by molar-refractivity contribution is 0.450. The minimum atomic E-state index is 0.490. The molecule has 2 N–H and O–H groups in total. The van der Waals surface area contributed by atoms with Crippen molar-refractivity contribution in [2.45, 2.75) is 40.0 Å². The van der Waals surface area contributed by atoms with Crippen molar-refractivity contribution in [3.63, 3.8) is 0 Å². The van der Waals surface area contributed by atoms with Crippen LogP contribution >= 0.6 is 0 Å². The van der Waals surface area contributed by atoms with Gasteiger partial charge in [0.05, 0.1) is 0 Å². The molecule has 0 heterocycles. The van der Waals surface area contributed by atoms with E-state index in [0.29, 0.717) is 5.92 Å². The van der Waals surface area contributed by atoms with Crippen molar-refractivity contribution in [1.29, 1.82) is 0 Å². The number of allylic oxidation sites excluding steroid dienone is 1. The average Bonchev–Trinajstić information content (AvgIpc) is 1.99. The fraction of sp³-hybridized carbons (Fsp3) is 0.800. The van der Waals surface area contributed by atoms with E-state index in [1.165, 1.54) is 19.3 Å². The van der Waals surface area contributed by atoms with Gasteiger partial charge in [0.1, 0.15) is 0 Å². The van der Waals surface area contributed by atoms with Crippen LogP contribution in [0.2, 0.25) is 0 Å². The van der Waals surface area contributed by atoms with Crippen molar-refractivity contribution >= 4 is 0 Å². The summed E-state index contributed by atoms with van der Waals surface area (Å²) in [6, 6.07) is 0. The normalized spacial score (nSPS) is 15.9. The van der Waals surface area contributed by atoms with Gasteiger partial charge < -0.3 is 5.73 Å². The van der Waals surface area contributed by atoms with Crippen molar-refractivity contribution in [3.8, 4) is 0 Å². The van der Waals surface area contributed by atoms with Gasteiger partial charge in [-0.25, -0.2) is 0 Å². The molecule has 0 aromatic heterocycles. The molecule has 2 unspecified atom stereocenters. The third-order valence-electron chi connectivity index (χ3n) is 2.42. The van der Waals surface area contributed by atoms with Gasteiger partial charge in [-0.3, -0.25) is 0 Å². The van der Waals surface area contributed by atoms with E-state index in [2.05, 4.69) is 27.4 Å². The molecular formula is C10H21N. The van der Waals surface area contributed by atoms with Crippen LogP contribution in [0, 0.1) is 11.8 Å². The fourth-order valence-corrected chi connectivity index (χ4v) is 0.924. The van der Waals surface area contributed by atoms with Gasteiger partial charge in [0.2, 0.25) is 0 Å². The molecule has 66 valence electrons. The Labute approximate surface area is 70.7 Å². The van der Waals surface area contributed by atoms with Crippen molar-refractivity contribution in [2.75, 3.05) is 0 Å². The van der Waals surface area contributed by atoms with Crippen molar-refractivity contribution < 1.29 is 0 Å². The Kier molecular flexibility index (Phi) is 5.01. The molecule has 0 aromatic rings. The zero-order valence-corrected chi connectivity index (χ0v) is 8.06. The Hall–Kier alpha value is -0.460. The lowest BCUT2D eigenvalue weighted by Crippen LogP contribution is -2.08. The van der Waals surface area contributed by atoms with Gasteiger partial charge in [-0.1, -0.05) is 40.2 Å². The zero-order chi connectivity index (χ0) is 8.85. The van der Waals surface area contributed by atoms with Crippen LogP contribution in [0.5, 0.6) is 0 Å². The van der Waals surface area contributed by atoms with Gasteiger partial charge in [0.25, 0.3) is 0 Å². The standard InChI is InChI=1S/C10H21N/c1-5-8(2)6-7-9(3)10(4)11/h8-9H,4-7,11H2,1-3H3. The topological polar surface area (TPSA) is 26.0 Å². The van der Waals surface area contributed by atoms with Crippen molar-refractivity contribution in [2.24, 2.45) is 17.6 Å². The second-order valence-electron chi connectivity index (χ2n) is 3.57. The summed E-state index contributed by atoms with van der Waals surface area (Å²) in [7, 11) is 0. The summed E-state index contributed by atoms with van der Waals surface area (Å²) < 4.78 is 0. The molecule has 0 amide bonds. The second kappa shape index (κ2) is 5.22. The molecule has 0 bridgehead atoms. The minimum Gasteiger partial charge on any atom is -0.402 e. The van der Waals surface area contributed by atoms with Crippen LogP contribution in [0.15, 0.2) is 12.3 Å². The summed E-state index contributed by atoms with van der Waals surface area (Å²) in [6.45, 7) is 10.4. The smallest absolute Gasteiger partial charge is 0.00362 e. The SMILES string of the molecule is C=C(N)C(C)CCC(C)CC. The molecule has 0 fully saturated rings. The molecule has 0 saturated heterocycles. The summed E-state index contributed by atoms with van der Waals surface area (Å²) in [5.74, 6) is 1.32. The summed E-state index contributed by atoms with van der Waals surface area (Å²) >= 11 is 0. The maximum atomic E-state index is 5.57. The molecule has 0 spiro atoms. The molecule has 0 rings (SSSR count). The Balaban J connectivity index is 3.45. The zero-order valence-electron chi connectivity index (χ0n) is 8.06. The van der Waals surface area contributed by atoms with Gasteiger partial charge >= 0.3 is 0 Å². The Morgan fingerprint density at radius 1 is 1.36 bits per heavy atom. The first kappa shape index (κ1) is 10.5. The van der Waals surface area contributed by atoms with E-state index in [4.69, 9.17) is 5.73 Å². The molecule has 1 heteroatoms. The highest BCUT2D eigenvalue weighted by molar-refractivity contribution is 4.91. The number of hydrogen-bond acceptors (Lipinski definition) is 1. The Morgan fingerprint density at radius 3 is 2.27 bits per heavy atom. The molecule has 0 aliphatic heterocycles. The summed E-state index contributed by atoms with van der Waals surface area (Å²) in [4.78, 5) is 0. The summed E-state index contributed by atoms with van der Waals surface area (Å²) in [5, 5.41) is 0. The van der Waals surface area contributed by atoms with E-state index >= 15 is 0 Å². The van der Waals surface area contributed by atoms with Gasteiger partial charge in [-0.15, -0.1) is 0 Å². The van der Waals surface area contributed by atoms with Gasteiger partial charge in [0, 0.05) is 5.70 Å². The quantitative estimate of drug-likeness (QED) is 0.649. The average molecular weight is 155 g/mol. The van der Waals surface area contributed by atoms with E-state index in [1.807, 2.05) is 0 Å². The predicted molar refractivity (Wildman–Crippen MR) is 51.2 cm³/mol. The Bertz CT molecular complexity index is 118. The molecule has 2 atom stereocenters. The summed E-state index contributed by atoms with van der Waals surface area (Å²) in [6.07, 6.45) is 3.72. The van der Waals surface area contributed by atoms with E-state index in [9.17, 15) is 0 Å². The van der Waals surface area contributed by atoms with Crippen LogP contribution in [0.25, 0.3) is 0 Å². The molecule has 0 aliphatic rings. The largest absolute Gasteiger partial charge is 0.402 e. The van der Waals surface area contributed by atoms with Crippen molar-refractivity contribution in [3.05, 3.63) is 12.3 Å². The van der Waals surface area contributed by atoms with Gasteiger partial charge in [-0.2, -0.15) is 0 Å². The van der Waals surface area contributed by atoms with Crippen LogP contribution in [0.1, 0.15) is 40.0 Å². The molecule has 1 nitrogen and oxygen atoms in total. The molecular weight excluding hydrogens is 134 g/mol. The monoisotopic (exact) mass is 155 g/mol. The van der Waals surface area contributed by atoms with E-state index < -0.39 is 0 Å². The minimum absolute atomic E-state index is 0.490. The van der Waals surface area contributed by atoms with Crippen LogP contribution in [0.4, 0.5) is 0 Å². The lowest BCUT2D eigenvalue weighted by Gasteiger charge is -2.13. The van der Waals surface area contributed by atoms with Crippen LogP contribution in [0.3, 0.4) is 0 Å². The van der Waals surface area contributed by atoms with E-state index in [-0.39, 0.29) is 0 Å². The highest BCUT2D eigenvalue weighted by atomic mass is 14.6. The number of hydrogen-bond donors (Lipinski definition) is 1. The molecule has 0 aliphatic carbocycles. The number of rotatable bonds is 5. The van der Waals surface area contributed by atoms with Crippen LogP contribution < -0.4 is 5.73 Å². The second-order valence-corrected chi connectivity index (χ2v) is 3.57. The van der Waals surface area contributed by atoms with E-state index in [0.717, 1.165) is 11.6 Å². The Morgan fingerprint density at radius 2 is 1.91 bits per heavy atom. The predicted octanol–water partition coefficient (Wildman–Crippen LogP) is 2.92. The maximum absolute atomic E-state index is 5.57. The third kappa shape index (κ3) is 4.88. The van der Waals surface area contributed by atoms with Crippen LogP contribution in [-0.4, -0.2) is 0 Å². The highest BCUT2D eigenvalue weighted by Gasteiger charge is 2.05. The van der Waals surface area contributed by atoms with Crippen LogP contribution in [-0.2, 0) is 0 Å². The highest BCUT2D eigenvalue weighted by Crippen LogP contribution is 2.16. The molecule has 0 aromatic carbocycles. The first-order valence-corrected chi connectivity index (χ1v) is 4.52. The molecule has 11 heavy (non-hydrogen) atoms. The molecule has 0 saturated carbocycles. The first-order valence-electron chi connectivity index (χ1n) is 4.52. The lowest BCUT2D eigenvalue weighted by atomic mass is 9.95. The van der Waals surface area contributed by atoms with Crippen molar-refractivity contribution in [1.82, 2.24) is 0 Å². The fourth-order valence-electron chi connectivity index (χ4n) is 0.924. The van der Waals surface area contributed by atoms with E-state index in [1.54, 1.807) is 0 Å².